The van der Waals surface area contributed by atoms with Crippen LogP contribution in [0.5, 0.6) is 0 Å². The van der Waals surface area contributed by atoms with Gasteiger partial charge in [0.1, 0.15) is 11.9 Å². The van der Waals surface area contributed by atoms with Crippen LogP contribution in [0.1, 0.15) is 23.2 Å². The monoisotopic (exact) mass is 263 g/mol. The van der Waals surface area contributed by atoms with Gasteiger partial charge >= 0.3 is 0 Å². The van der Waals surface area contributed by atoms with Gasteiger partial charge in [-0.2, -0.15) is 0 Å². The summed E-state index contributed by atoms with van der Waals surface area (Å²) in [6.07, 6.45) is 3.06. The Morgan fingerprint density at radius 1 is 1.53 bits per heavy atom. The summed E-state index contributed by atoms with van der Waals surface area (Å²) in [6, 6.07) is 1.28. The summed E-state index contributed by atoms with van der Waals surface area (Å²) in [5.74, 6) is -0.109. The molecule has 102 valence electrons. The first-order chi connectivity index (χ1) is 9.04. The van der Waals surface area contributed by atoms with E-state index in [1.165, 1.54) is 6.20 Å². The number of nitrogens with zero attached hydrogens (tertiary/aromatic N) is 2. The number of carbonyl (C=O) groups is 2. The highest BCUT2D eigenvalue weighted by atomic mass is 16.2. The van der Waals surface area contributed by atoms with Gasteiger partial charge in [0.05, 0.1) is 17.4 Å². The Kier molecular flexibility index (Phi) is 3.55. The molecule has 7 heteroatoms. The number of amides is 2. The molecule has 0 bridgehead atoms. The summed E-state index contributed by atoms with van der Waals surface area (Å²) < 4.78 is 0. The van der Waals surface area contributed by atoms with Gasteiger partial charge in [-0.05, 0) is 18.9 Å². The number of rotatable bonds is 3. The van der Waals surface area contributed by atoms with Crippen molar-refractivity contribution < 1.29 is 9.59 Å². The van der Waals surface area contributed by atoms with Crippen molar-refractivity contribution in [3.8, 4) is 0 Å². The van der Waals surface area contributed by atoms with Crippen LogP contribution in [-0.2, 0) is 4.79 Å². The van der Waals surface area contributed by atoms with Crippen LogP contribution in [0.3, 0.4) is 0 Å². The molecule has 0 radical (unpaired) electrons. The number of nitrogens with two attached hydrogens (primary N) is 2. The fraction of sp³-hybridized carbons (Fsp3) is 0.417. The van der Waals surface area contributed by atoms with E-state index in [9.17, 15) is 9.59 Å². The lowest BCUT2D eigenvalue weighted by Crippen LogP contribution is -2.42. The minimum absolute atomic E-state index is 0.0586. The van der Waals surface area contributed by atoms with Crippen molar-refractivity contribution in [3.05, 3.63) is 17.8 Å². The van der Waals surface area contributed by atoms with E-state index in [-0.39, 0.29) is 23.2 Å². The molecule has 1 aliphatic rings. The third-order valence-electron chi connectivity index (χ3n) is 3.28. The molecule has 1 aromatic rings. The topological polar surface area (TPSA) is 114 Å². The largest absolute Gasteiger partial charge is 0.397 e. The fourth-order valence-corrected chi connectivity index (χ4v) is 2.31. The maximum atomic E-state index is 11.8. The van der Waals surface area contributed by atoms with E-state index in [1.807, 2.05) is 4.90 Å². The minimum atomic E-state index is -0.600. The second-order valence-electron chi connectivity index (χ2n) is 4.46. The van der Waals surface area contributed by atoms with E-state index in [1.54, 1.807) is 13.1 Å². The molecule has 0 aromatic carbocycles. The lowest BCUT2D eigenvalue weighted by atomic mass is 10.2. The van der Waals surface area contributed by atoms with Crippen molar-refractivity contribution in [2.24, 2.45) is 5.73 Å². The number of carbonyl (C=O) groups excluding carboxylic acids is 2. The Bertz CT molecular complexity index is 517. The maximum Gasteiger partial charge on any atom is 0.250 e. The van der Waals surface area contributed by atoms with Gasteiger partial charge in [0.25, 0.3) is 5.91 Å². The van der Waals surface area contributed by atoms with Gasteiger partial charge in [0.15, 0.2) is 0 Å². The Morgan fingerprint density at radius 3 is 2.89 bits per heavy atom. The predicted octanol–water partition coefficient (Wildman–Crippen LogP) is -0.522. The molecule has 19 heavy (non-hydrogen) atoms. The average Bonchev–Trinajstić information content (AvgIpc) is 2.87. The molecule has 2 heterocycles. The molecule has 1 unspecified atom stereocenters. The smallest absolute Gasteiger partial charge is 0.250 e. The van der Waals surface area contributed by atoms with Gasteiger partial charge in [0.2, 0.25) is 5.91 Å². The fourth-order valence-electron chi connectivity index (χ4n) is 2.31. The molecule has 2 amide bonds. The van der Waals surface area contributed by atoms with E-state index < -0.39 is 5.91 Å². The van der Waals surface area contributed by atoms with Crippen LogP contribution >= 0.6 is 0 Å². The highest BCUT2D eigenvalue weighted by molar-refractivity contribution is 5.98. The van der Waals surface area contributed by atoms with Crippen molar-refractivity contribution in [3.63, 3.8) is 0 Å². The highest BCUT2D eigenvalue weighted by Gasteiger charge is 2.31. The Morgan fingerprint density at radius 2 is 2.26 bits per heavy atom. The van der Waals surface area contributed by atoms with Crippen LogP contribution in [0.25, 0.3) is 0 Å². The summed E-state index contributed by atoms with van der Waals surface area (Å²) >= 11 is 0. The molecule has 1 aliphatic heterocycles. The molecule has 5 N–H and O–H groups in total. The van der Waals surface area contributed by atoms with Gasteiger partial charge in [-0.3, -0.25) is 9.59 Å². The van der Waals surface area contributed by atoms with Crippen LogP contribution in [-0.4, -0.2) is 36.4 Å². The van der Waals surface area contributed by atoms with Crippen molar-refractivity contribution in [1.29, 1.82) is 0 Å². The summed E-state index contributed by atoms with van der Waals surface area (Å²) in [6.45, 7) is 0.715. The van der Waals surface area contributed by atoms with Crippen LogP contribution in [0.4, 0.5) is 11.5 Å². The van der Waals surface area contributed by atoms with Gasteiger partial charge in [-0.1, -0.05) is 0 Å². The zero-order valence-electron chi connectivity index (χ0n) is 10.7. The number of anilines is 2. The van der Waals surface area contributed by atoms with Crippen LogP contribution in [0, 0.1) is 0 Å². The van der Waals surface area contributed by atoms with E-state index in [0.717, 1.165) is 12.8 Å². The van der Waals surface area contributed by atoms with Crippen molar-refractivity contribution in [1.82, 2.24) is 10.3 Å². The lowest BCUT2D eigenvalue weighted by molar-refractivity contribution is -0.121. The van der Waals surface area contributed by atoms with Gasteiger partial charge < -0.3 is 21.7 Å². The predicted molar refractivity (Wildman–Crippen MR) is 71.6 cm³/mol. The molecule has 1 saturated heterocycles. The van der Waals surface area contributed by atoms with Gasteiger partial charge in [-0.25, -0.2) is 4.98 Å². The van der Waals surface area contributed by atoms with Gasteiger partial charge in [-0.15, -0.1) is 0 Å². The van der Waals surface area contributed by atoms with Crippen molar-refractivity contribution >= 4 is 23.3 Å². The van der Waals surface area contributed by atoms with Crippen LogP contribution in [0.15, 0.2) is 12.3 Å². The number of likely N-dealkylation sites (N-methyl/N-ethyl adjacent to an activating group) is 1. The number of aromatic nitrogens is 1. The van der Waals surface area contributed by atoms with Crippen molar-refractivity contribution in [2.45, 2.75) is 18.9 Å². The molecule has 0 saturated carbocycles. The van der Waals surface area contributed by atoms with Crippen LogP contribution in [0.2, 0.25) is 0 Å². The summed E-state index contributed by atoms with van der Waals surface area (Å²) in [5.41, 5.74) is 11.4. The summed E-state index contributed by atoms with van der Waals surface area (Å²) in [4.78, 5) is 29.1. The Balaban J connectivity index is 2.33. The molecule has 1 fully saturated rings. The number of hydrogen-bond acceptors (Lipinski definition) is 5. The maximum absolute atomic E-state index is 11.8. The number of pyridine rings is 1. The third-order valence-corrected chi connectivity index (χ3v) is 3.28. The molecule has 1 aromatic heterocycles. The first-order valence-electron chi connectivity index (χ1n) is 6.08. The number of nitrogen functional groups attached to an aromatic ring is 1. The average molecular weight is 263 g/mol. The van der Waals surface area contributed by atoms with E-state index in [4.69, 9.17) is 11.5 Å². The van der Waals surface area contributed by atoms with E-state index >= 15 is 0 Å². The third kappa shape index (κ3) is 2.44. The molecule has 2 rings (SSSR count). The molecule has 1 atom stereocenters. The Hall–Kier alpha value is -2.31. The number of hydrogen-bond donors (Lipinski definition) is 3. The van der Waals surface area contributed by atoms with Gasteiger partial charge in [0, 0.05) is 13.6 Å². The molecular weight excluding hydrogens is 246 g/mol. The molecule has 7 nitrogen and oxygen atoms in total. The second kappa shape index (κ2) is 5.13. The quantitative estimate of drug-likeness (QED) is 0.678. The zero-order chi connectivity index (χ0) is 14.0. The zero-order valence-corrected chi connectivity index (χ0v) is 10.7. The molecule has 0 spiro atoms. The summed E-state index contributed by atoms with van der Waals surface area (Å²) in [5, 5.41) is 2.63. The SMILES string of the molecule is CNC(=O)C1CCCN1c1cc(C(N)=O)c(N)cn1. The molecule has 0 aliphatic carbocycles. The lowest BCUT2D eigenvalue weighted by Gasteiger charge is -2.24. The second-order valence-corrected chi connectivity index (χ2v) is 4.46. The van der Waals surface area contributed by atoms with Crippen LogP contribution < -0.4 is 21.7 Å². The number of nitrogens with one attached hydrogen (secondary N) is 1. The summed E-state index contributed by atoms with van der Waals surface area (Å²) in [7, 11) is 1.60. The minimum Gasteiger partial charge on any atom is -0.397 e. The standard InChI is InChI=1S/C12H17N5O2/c1-15-12(19)9-3-2-4-17(9)10-5-7(11(14)18)8(13)6-16-10/h5-6,9H,2-4,13H2,1H3,(H2,14,18)(H,15,19). The van der Waals surface area contributed by atoms with Crippen molar-refractivity contribution in [2.75, 3.05) is 24.2 Å². The first-order valence-corrected chi connectivity index (χ1v) is 6.08. The van der Waals surface area contributed by atoms with E-state index in [2.05, 4.69) is 10.3 Å². The van der Waals surface area contributed by atoms with E-state index in [0.29, 0.717) is 12.4 Å². The highest BCUT2D eigenvalue weighted by Crippen LogP contribution is 2.26. The Labute approximate surface area is 111 Å². The molecular formula is C12H17N5O2. The normalized spacial score (nSPS) is 18.4. The first kappa shape index (κ1) is 13.1. The number of primary amides is 1.